The van der Waals surface area contributed by atoms with E-state index in [2.05, 4.69) is 49.7 Å². The molecule has 0 saturated carbocycles. The van der Waals surface area contributed by atoms with E-state index >= 15 is 0 Å². The molecule has 2 heterocycles. The minimum Gasteiger partial charge on any atom is -0.492 e. The number of benzene rings is 3. The van der Waals surface area contributed by atoms with E-state index in [1.807, 2.05) is 37.3 Å². The van der Waals surface area contributed by atoms with Crippen LogP contribution >= 0.6 is 0 Å². The first-order valence-electron chi connectivity index (χ1n) is 21.7. The Morgan fingerprint density at radius 3 is 2.12 bits per heavy atom. The van der Waals surface area contributed by atoms with Crippen LogP contribution in [0, 0.1) is 37.0 Å². The first-order valence-corrected chi connectivity index (χ1v) is 21.7. The van der Waals surface area contributed by atoms with E-state index in [1.165, 1.54) is 18.9 Å². The number of amides is 5. The third kappa shape index (κ3) is 12.8. The van der Waals surface area contributed by atoms with Crippen molar-refractivity contribution in [1.82, 2.24) is 36.1 Å². The molecule has 0 fully saturated rings. The number of carbonyl (C=O) groups is 5. The Kier molecular flexibility index (Phi) is 17.7. The fraction of sp³-hybridized carbons (Fsp3) is 0.347. The number of rotatable bonds is 15. The number of ether oxygens (including phenoxy) is 2. The number of nitrogens with zero attached hydrogens (tertiary/aromatic N) is 4. The van der Waals surface area contributed by atoms with Crippen LogP contribution in [0.3, 0.4) is 0 Å². The highest BCUT2D eigenvalue weighted by atomic mass is 16.5. The molecule has 18 heteroatoms. The van der Waals surface area contributed by atoms with Crippen LogP contribution in [-0.2, 0) is 25.6 Å². The maximum Gasteiger partial charge on any atom is 0.255 e. The van der Waals surface area contributed by atoms with Crippen molar-refractivity contribution in [2.75, 3.05) is 46.4 Å². The van der Waals surface area contributed by atoms with Crippen molar-refractivity contribution in [3.63, 3.8) is 0 Å². The van der Waals surface area contributed by atoms with Crippen molar-refractivity contribution in [2.45, 2.75) is 64.7 Å². The summed E-state index contributed by atoms with van der Waals surface area (Å²) in [4.78, 5) is 80.5. The number of nitrogens with one attached hydrogen (secondary N) is 4. The number of aromatic nitrogens is 2. The maximum absolute atomic E-state index is 14.7. The van der Waals surface area contributed by atoms with Gasteiger partial charge < -0.3 is 52.8 Å². The average Bonchev–Trinajstić information content (AvgIpc) is 3.30. The van der Waals surface area contributed by atoms with Gasteiger partial charge in [-0.05, 0) is 99.7 Å². The zero-order chi connectivity index (χ0) is 48.8. The van der Waals surface area contributed by atoms with Gasteiger partial charge in [0, 0.05) is 43.2 Å². The first kappa shape index (κ1) is 50.4. The first-order chi connectivity index (χ1) is 32.1. The van der Waals surface area contributed by atoms with Gasteiger partial charge >= 0.3 is 0 Å². The number of carbonyl (C=O) groups excluding carboxylic acids is 5. The van der Waals surface area contributed by atoms with Crippen LogP contribution in [0.1, 0.15) is 76.1 Å². The molecular weight excluding hydrogens is 855 g/mol. The minimum absolute atomic E-state index is 0.00454. The van der Waals surface area contributed by atoms with Crippen molar-refractivity contribution in [3.8, 4) is 40.5 Å². The summed E-state index contributed by atoms with van der Waals surface area (Å²) in [5.74, 6) is 3.53. The lowest BCUT2D eigenvalue weighted by atomic mass is 9.93. The van der Waals surface area contributed by atoms with E-state index in [1.54, 1.807) is 50.2 Å². The number of nitriles is 1. The van der Waals surface area contributed by atoms with Crippen molar-refractivity contribution >= 4 is 35.1 Å². The summed E-state index contributed by atoms with van der Waals surface area (Å²) in [5, 5.41) is 19.9. The zero-order valence-electron chi connectivity index (χ0n) is 38.3. The molecule has 0 unspecified atom stereocenters. The van der Waals surface area contributed by atoms with Crippen LogP contribution in [0.25, 0.3) is 16.7 Å². The summed E-state index contributed by atoms with van der Waals surface area (Å²) in [7, 11) is 1.40. The monoisotopic (exact) mass is 911 g/mol. The summed E-state index contributed by atoms with van der Waals surface area (Å²) in [6, 6.07) is 14.5. The summed E-state index contributed by atoms with van der Waals surface area (Å²) in [5.41, 5.74) is 23.0. The van der Waals surface area contributed by atoms with E-state index in [9.17, 15) is 24.0 Å². The van der Waals surface area contributed by atoms with Gasteiger partial charge in [-0.2, -0.15) is 5.26 Å². The second-order valence-electron chi connectivity index (χ2n) is 15.9. The number of hydrogen-bond acceptors (Lipinski definition) is 13. The Morgan fingerprint density at radius 2 is 1.52 bits per heavy atom. The summed E-state index contributed by atoms with van der Waals surface area (Å²) in [6.07, 6.45) is -0.0226. The average molecular weight is 912 g/mol. The predicted octanol–water partition coefficient (Wildman–Crippen LogP) is 1.70. The highest BCUT2D eigenvalue weighted by Crippen LogP contribution is 2.40. The van der Waals surface area contributed by atoms with Gasteiger partial charge in [-0.25, -0.2) is 9.97 Å². The second-order valence-corrected chi connectivity index (χ2v) is 15.9. The van der Waals surface area contributed by atoms with Crippen molar-refractivity contribution < 1.29 is 33.4 Å². The Hall–Kier alpha value is -7.64. The lowest BCUT2D eigenvalue weighted by molar-refractivity contribution is -0.141. The fourth-order valence-corrected chi connectivity index (χ4v) is 7.43. The normalized spacial score (nSPS) is 16.0. The molecule has 0 saturated heterocycles. The molecule has 5 rings (SSSR count). The standard InChI is InChI=1S/C49H57N11O7/c1-28(2)34-11-7-32(8-12-34)10-16-42-55-29(3)43(30(4)56-42)47(63)58-38(17-18-50)49(65)60(6)44-35-13-15-41(67-24-21-53)37(27-35)36-25-33(9-14-40(36)66-23-20-52)26-39(46(62)54-22-19-51)59-45(61)31(5)57-48(44)64/h7-9,11-15,25,27,31,38-39,44H,1,17-18,20-24,26,50,52-53H2,2-6H3,(H,54,62)(H,57,64)(H,58,63)(H,59,61)/t31-,38-,39-,44-/m0/s1. The lowest BCUT2D eigenvalue weighted by Gasteiger charge is -2.32. The molecule has 3 aromatic carbocycles. The molecule has 18 nitrogen and oxygen atoms in total. The molecule has 5 amide bonds. The summed E-state index contributed by atoms with van der Waals surface area (Å²) in [6.45, 7) is 10.9. The number of hydrogen-bond donors (Lipinski definition) is 7. The molecule has 1 aromatic heterocycles. The number of nitrogens with two attached hydrogens (primary N) is 3. The van der Waals surface area contributed by atoms with E-state index in [0.717, 1.165) is 16.7 Å². The number of aryl methyl sites for hydroxylation is 2. The van der Waals surface area contributed by atoms with Gasteiger partial charge in [-0.1, -0.05) is 42.3 Å². The highest BCUT2D eigenvalue weighted by Gasteiger charge is 2.36. The Labute approximate surface area is 390 Å². The van der Waals surface area contributed by atoms with E-state index in [4.69, 9.17) is 31.9 Å². The van der Waals surface area contributed by atoms with Crippen molar-refractivity contribution in [1.29, 1.82) is 5.26 Å². The number of likely N-dealkylation sites (N-methyl/N-ethyl adjacent to an activating group) is 1. The Balaban J connectivity index is 1.55. The Morgan fingerprint density at radius 1 is 0.896 bits per heavy atom. The summed E-state index contributed by atoms with van der Waals surface area (Å²) < 4.78 is 12.2. The zero-order valence-corrected chi connectivity index (χ0v) is 38.3. The van der Waals surface area contributed by atoms with Gasteiger partial charge in [-0.3, -0.25) is 24.0 Å². The predicted molar refractivity (Wildman–Crippen MR) is 252 cm³/mol. The van der Waals surface area contributed by atoms with Crippen LogP contribution in [0.15, 0.2) is 67.2 Å². The molecule has 67 heavy (non-hydrogen) atoms. The van der Waals surface area contributed by atoms with E-state index < -0.39 is 53.7 Å². The minimum atomic E-state index is -1.42. The van der Waals surface area contributed by atoms with Crippen LogP contribution in [0.2, 0.25) is 0 Å². The van der Waals surface area contributed by atoms with Crippen LogP contribution in [0.5, 0.6) is 11.5 Å². The lowest BCUT2D eigenvalue weighted by Crippen LogP contribution is -2.56. The van der Waals surface area contributed by atoms with E-state index in [-0.39, 0.29) is 63.6 Å². The molecule has 4 atom stereocenters. The molecule has 1 aliphatic rings. The van der Waals surface area contributed by atoms with Gasteiger partial charge in [0.1, 0.15) is 55.4 Å². The van der Waals surface area contributed by atoms with Crippen molar-refractivity contribution in [2.24, 2.45) is 17.2 Å². The largest absolute Gasteiger partial charge is 0.492 e. The number of allylic oxidation sites excluding steroid dienone is 1. The molecule has 1 aliphatic heterocycles. The smallest absolute Gasteiger partial charge is 0.255 e. The number of fused-ring (bicyclic) bond motifs is 5. The van der Waals surface area contributed by atoms with Crippen LogP contribution in [0.4, 0.5) is 0 Å². The molecule has 4 aromatic rings. The van der Waals surface area contributed by atoms with Crippen LogP contribution in [-0.4, -0.2) is 109 Å². The topological polar surface area (TPSA) is 283 Å². The highest BCUT2D eigenvalue weighted by molar-refractivity contribution is 6.00. The Bertz CT molecular complexity index is 2590. The quantitative estimate of drug-likeness (QED) is 0.0662. The van der Waals surface area contributed by atoms with Gasteiger partial charge in [0.25, 0.3) is 5.91 Å². The molecule has 10 N–H and O–H groups in total. The van der Waals surface area contributed by atoms with Gasteiger partial charge in [0.05, 0.1) is 23.0 Å². The van der Waals surface area contributed by atoms with Gasteiger partial charge in [0.2, 0.25) is 29.5 Å². The van der Waals surface area contributed by atoms with E-state index in [0.29, 0.717) is 45.1 Å². The van der Waals surface area contributed by atoms with Crippen LogP contribution < -0.4 is 47.9 Å². The van der Waals surface area contributed by atoms with Crippen molar-refractivity contribution in [3.05, 3.63) is 112 Å². The molecule has 0 spiro atoms. The molecule has 0 aliphatic carbocycles. The third-order valence-corrected chi connectivity index (χ3v) is 10.8. The molecule has 4 bridgehead atoms. The molecule has 350 valence electrons. The fourth-order valence-electron chi connectivity index (χ4n) is 7.43. The molecule has 0 radical (unpaired) electrons. The summed E-state index contributed by atoms with van der Waals surface area (Å²) >= 11 is 0. The molecular formula is C49H57N11O7. The third-order valence-electron chi connectivity index (χ3n) is 10.8. The second kappa shape index (κ2) is 23.5. The SMILES string of the molecule is C=C(C)c1ccc(C#Cc2nc(C)c(C(=O)N[C@@H](CCN)C(=O)N(C)[C@@H]3C(=O)N[C@@H](C)C(=O)N[C@H](C(=O)NCC#N)Cc4ccc(OCCN)c(c4)-c4cc3ccc4OCCN)c(C)n2)cc1. The maximum atomic E-state index is 14.7. The van der Waals surface area contributed by atoms with Gasteiger partial charge in [-0.15, -0.1) is 0 Å². The van der Waals surface area contributed by atoms with Gasteiger partial charge in [0.15, 0.2) is 0 Å².